The number of aliphatic carboxylic acids is 1. The van der Waals surface area contributed by atoms with Crippen LogP contribution >= 0.6 is 0 Å². The largest absolute Gasteiger partial charge is 0.479 e. The Balaban J connectivity index is 1.71. The normalized spacial score (nSPS) is 17.2. The Morgan fingerprint density at radius 2 is 1.81 bits per heavy atom. The third-order valence-electron chi connectivity index (χ3n) is 4.84. The summed E-state index contributed by atoms with van der Waals surface area (Å²) in [5, 5.41) is 10.2. The summed E-state index contributed by atoms with van der Waals surface area (Å²) < 4.78 is 7.24. The summed E-state index contributed by atoms with van der Waals surface area (Å²) in [4.78, 5) is 26.0. The van der Waals surface area contributed by atoms with Crippen LogP contribution in [0.3, 0.4) is 0 Å². The van der Waals surface area contributed by atoms with E-state index in [1.54, 1.807) is 4.90 Å². The van der Waals surface area contributed by atoms with Crippen molar-refractivity contribution in [2.24, 2.45) is 0 Å². The number of amides is 1. The Morgan fingerprint density at radius 1 is 1.07 bits per heavy atom. The van der Waals surface area contributed by atoms with Crippen LogP contribution in [0, 0.1) is 0 Å². The smallest absolute Gasteiger partial charge is 0.334 e. The molecule has 0 aliphatic carbocycles. The van der Waals surface area contributed by atoms with Crippen molar-refractivity contribution >= 4 is 22.8 Å². The lowest BCUT2D eigenvalue weighted by atomic mass is 10.2. The van der Waals surface area contributed by atoms with E-state index in [2.05, 4.69) is 0 Å². The number of hydrogen-bond donors (Lipinski definition) is 1. The van der Waals surface area contributed by atoms with Crippen LogP contribution in [0.25, 0.3) is 10.9 Å². The van der Waals surface area contributed by atoms with Gasteiger partial charge in [-0.25, -0.2) is 4.79 Å². The summed E-state index contributed by atoms with van der Waals surface area (Å²) in [6.07, 6.45) is -0.977. The molecule has 1 N–H and O–H groups in total. The zero-order valence-electron chi connectivity index (χ0n) is 14.7. The minimum Gasteiger partial charge on any atom is -0.479 e. The Hall–Kier alpha value is -3.12. The molecule has 1 amide bonds. The minimum atomic E-state index is -1.04. The summed E-state index contributed by atoms with van der Waals surface area (Å²) in [5.74, 6) is -1.21. The molecular formula is C21H20N2O4. The number of carboxylic acids is 1. The zero-order chi connectivity index (χ0) is 18.8. The van der Waals surface area contributed by atoms with Crippen molar-refractivity contribution in [1.29, 1.82) is 0 Å². The van der Waals surface area contributed by atoms with Gasteiger partial charge in [-0.3, -0.25) is 4.79 Å². The van der Waals surface area contributed by atoms with Gasteiger partial charge in [0.25, 0.3) is 5.91 Å². The molecule has 2 aromatic carbocycles. The highest BCUT2D eigenvalue weighted by Gasteiger charge is 2.31. The zero-order valence-corrected chi connectivity index (χ0v) is 14.7. The molecule has 1 unspecified atom stereocenters. The average molecular weight is 364 g/mol. The maximum Gasteiger partial charge on any atom is 0.334 e. The van der Waals surface area contributed by atoms with Crippen LogP contribution in [0.2, 0.25) is 0 Å². The van der Waals surface area contributed by atoms with Crippen molar-refractivity contribution in [1.82, 2.24) is 9.47 Å². The Morgan fingerprint density at radius 3 is 2.59 bits per heavy atom. The quantitative estimate of drug-likeness (QED) is 0.772. The number of para-hydroxylation sites is 1. The number of ether oxygens (including phenoxy) is 1. The molecule has 0 saturated carbocycles. The first-order valence-electron chi connectivity index (χ1n) is 8.89. The molecule has 3 aromatic rings. The number of nitrogens with zero attached hydrogens (tertiary/aromatic N) is 2. The first-order valence-corrected chi connectivity index (χ1v) is 8.89. The van der Waals surface area contributed by atoms with Gasteiger partial charge >= 0.3 is 5.97 Å². The molecule has 1 atom stereocenters. The van der Waals surface area contributed by atoms with Crippen LogP contribution in [0.4, 0.5) is 0 Å². The van der Waals surface area contributed by atoms with E-state index in [1.165, 1.54) is 0 Å². The molecule has 1 aromatic heterocycles. The molecule has 0 spiro atoms. The molecule has 1 aliphatic heterocycles. The van der Waals surface area contributed by atoms with Crippen LogP contribution in [0.5, 0.6) is 0 Å². The topological polar surface area (TPSA) is 71.8 Å². The second kappa shape index (κ2) is 7.25. The second-order valence-corrected chi connectivity index (χ2v) is 6.61. The van der Waals surface area contributed by atoms with Gasteiger partial charge in [-0.1, -0.05) is 48.5 Å². The third kappa shape index (κ3) is 3.44. The fraction of sp³-hybridized carbons (Fsp3) is 0.238. The Labute approximate surface area is 156 Å². The highest BCUT2D eigenvalue weighted by atomic mass is 16.5. The number of morpholine rings is 1. The van der Waals surface area contributed by atoms with Gasteiger partial charge < -0.3 is 19.3 Å². The number of carbonyl (C=O) groups excluding carboxylic acids is 1. The van der Waals surface area contributed by atoms with Gasteiger partial charge in [0.15, 0.2) is 6.10 Å². The first-order chi connectivity index (χ1) is 13.1. The molecule has 2 heterocycles. The molecular weight excluding hydrogens is 344 g/mol. The van der Waals surface area contributed by atoms with Crippen LogP contribution < -0.4 is 0 Å². The SMILES string of the molecule is O=C(O)C1CN(C(=O)c2cc3ccccc3n2Cc2ccccc2)CCO1. The summed E-state index contributed by atoms with van der Waals surface area (Å²) in [6.45, 7) is 1.24. The Kier molecular flexibility index (Phi) is 4.64. The molecule has 0 radical (unpaired) electrons. The number of carboxylic acid groups (broad SMARTS) is 1. The van der Waals surface area contributed by atoms with Crippen LogP contribution in [0.1, 0.15) is 16.1 Å². The van der Waals surface area contributed by atoms with Crippen molar-refractivity contribution in [3.05, 3.63) is 71.9 Å². The van der Waals surface area contributed by atoms with Gasteiger partial charge in [-0.15, -0.1) is 0 Å². The molecule has 0 bridgehead atoms. The lowest BCUT2D eigenvalue weighted by molar-refractivity contribution is -0.154. The lowest BCUT2D eigenvalue weighted by Crippen LogP contribution is -2.48. The number of hydrogen-bond acceptors (Lipinski definition) is 3. The maximum atomic E-state index is 13.2. The van der Waals surface area contributed by atoms with Gasteiger partial charge in [0.1, 0.15) is 5.69 Å². The number of aromatic nitrogens is 1. The summed E-state index contributed by atoms with van der Waals surface area (Å²) in [7, 11) is 0. The van der Waals surface area contributed by atoms with Crippen LogP contribution in [0.15, 0.2) is 60.7 Å². The van der Waals surface area contributed by atoms with E-state index >= 15 is 0 Å². The predicted molar refractivity (Wildman–Crippen MR) is 101 cm³/mol. The lowest BCUT2D eigenvalue weighted by Gasteiger charge is -2.31. The molecule has 4 rings (SSSR count). The van der Waals surface area contributed by atoms with E-state index in [0.717, 1.165) is 16.5 Å². The van der Waals surface area contributed by atoms with Crippen molar-refractivity contribution < 1.29 is 19.4 Å². The Bertz CT molecular complexity index is 980. The monoisotopic (exact) mass is 364 g/mol. The van der Waals surface area contributed by atoms with E-state index in [4.69, 9.17) is 4.74 Å². The second-order valence-electron chi connectivity index (χ2n) is 6.61. The van der Waals surface area contributed by atoms with Crippen LogP contribution in [-0.2, 0) is 16.1 Å². The predicted octanol–water partition coefficient (Wildman–Crippen LogP) is 2.62. The summed E-state index contributed by atoms with van der Waals surface area (Å²) >= 11 is 0. The number of carbonyl (C=O) groups is 2. The van der Waals surface area contributed by atoms with Crippen LogP contribution in [-0.4, -0.2) is 52.3 Å². The average Bonchev–Trinajstić information content (AvgIpc) is 3.07. The molecule has 6 nitrogen and oxygen atoms in total. The highest BCUT2D eigenvalue weighted by molar-refractivity contribution is 5.99. The maximum absolute atomic E-state index is 13.2. The van der Waals surface area contributed by atoms with E-state index < -0.39 is 12.1 Å². The standard InChI is InChI=1S/C21H20N2O4/c24-20(22-10-11-27-19(14-22)21(25)26)18-12-16-8-4-5-9-17(16)23(18)13-15-6-2-1-3-7-15/h1-9,12,19H,10-11,13-14H2,(H,25,26). The van der Waals surface area contributed by atoms with Crippen molar-refractivity contribution in [3.63, 3.8) is 0 Å². The molecule has 138 valence electrons. The van der Waals surface area contributed by atoms with E-state index in [0.29, 0.717) is 18.8 Å². The van der Waals surface area contributed by atoms with Crippen molar-refractivity contribution in [2.45, 2.75) is 12.6 Å². The third-order valence-corrected chi connectivity index (χ3v) is 4.84. The summed E-state index contributed by atoms with van der Waals surface area (Å²) in [5.41, 5.74) is 2.64. The van der Waals surface area contributed by atoms with Gasteiger partial charge in [0.2, 0.25) is 0 Å². The minimum absolute atomic E-state index is 0.0566. The van der Waals surface area contributed by atoms with Gasteiger partial charge in [-0.2, -0.15) is 0 Å². The van der Waals surface area contributed by atoms with Gasteiger partial charge in [0, 0.05) is 24.0 Å². The van der Waals surface area contributed by atoms with E-state index in [-0.39, 0.29) is 19.1 Å². The fourth-order valence-electron chi connectivity index (χ4n) is 3.47. The molecule has 1 aliphatic rings. The van der Waals surface area contributed by atoms with E-state index in [9.17, 15) is 14.7 Å². The number of rotatable bonds is 4. The van der Waals surface area contributed by atoms with Gasteiger partial charge in [-0.05, 0) is 17.7 Å². The van der Waals surface area contributed by atoms with Crippen molar-refractivity contribution in [2.75, 3.05) is 19.7 Å². The molecule has 27 heavy (non-hydrogen) atoms. The molecule has 1 fully saturated rings. The molecule has 1 saturated heterocycles. The highest BCUT2D eigenvalue weighted by Crippen LogP contribution is 2.23. The van der Waals surface area contributed by atoms with E-state index in [1.807, 2.05) is 65.2 Å². The number of fused-ring (bicyclic) bond motifs is 1. The summed E-state index contributed by atoms with van der Waals surface area (Å²) in [6, 6.07) is 19.7. The van der Waals surface area contributed by atoms with Gasteiger partial charge in [0.05, 0.1) is 13.2 Å². The first kappa shape index (κ1) is 17.3. The van der Waals surface area contributed by atoms with Crippen molar-refractivity contribution in [3.8, 4) is 0 Å². The number of benzene rings is 2. The fourth-order valence-corrected chi connectivity index (χ4v) is 3.47. The molecule has 6 heteroatoms.